The summed E-state index contributed by atoms with van der Waals surface area (Å²) in [6.07, 6.45) is 0.250. The average molecular weight is 790 g/mol. The molecule has 2 aromatic rings. The SMILES string of the molecule is CC[C@H](C)[C@H](NC(=O)[C@H](Cc1ccccc1)NC(=O)[C@H](Cc1cnc[nH]1)NC(=O)[C@H](C)NC(=O)[C@@H](N)CO)C(=O)N[C@@H](CC(=O)O)C(=O)N[C@H](C(=O)O)[C@@H](C)O. The number of aromatic amines is 1. The monoisotopic (exact) mass is 789 g/mol. The first-order chi connectivity index (χ1) is 26.4. The summed E-state index contributed by atoms with van der Waals surface area (Å²) in [5.74, 6) is -9.31. The Morgan fingerprint density at radius 2 is 1.29 bits per heavy atom. The maximum atomic E-state index is 14.0. The van der Waals surface area contributed by atoms with Gasteiger partial charge in [0.2, 0.25) is 35.4 Å². The lowest BCUT2D eigenvalue weighted by Crippen LogP contribution is -2.61. The summed E-state index contributed by atoms with van der Waals surface area (Å²) in [4.78, 5) is 110. The van der Waals surface area contributed by atoms with Crippen molar-refractivity contribution in [1.82, 2.24) is 41.9 Å². The van der Waals surface area contributed by atoms with E-state index >= 15 is 0 Å². The number of hydrogen-bond donors (Lipinski definition) is 12. The second kappa shape index (κ2) is 22.4. The molecular formula is C35H51N9O12. The van der Waals surface area contributed by atoms with Crippen LogP contribution in [0.25, 0.3) is 0 Å². The van der Waals surface area contributed by atoms with Crippen LogP contribution >= 0.6 is 0 Å². The van der Waals surface area contributed by atoms with Gasteiger partial charge in [0, 0.05) is 24.7 Å². The van der Waals surface area contributed by atoms with Gasteiger partial charge >= 0.3 is 11.9 Å². The molecule has 21 nitrogen and oxygen atoms in total. The normalized spacial score (nSPS) is 15.8. The summed E-state index contributed by atoms with van der Waals surface area (Å²) in [6.45, 7) is 5.04. The van der Waals surface area contributed by atoms with E-state index in [0.717, 1.165) is 6.92 Å². The van der Waals surface area contributed by atoms with Crippen LogP contribution in [-0.4, -0.2) is 133 Å². The van der Waals surface area contributed by atoms with Crippen LogP contribution in [0.4, 0.5) is 0 Å². The summed E-state index contributed by atoms with van der Waals surface area (Å²) >= 11 is 0. The van der Waals surface area contributed by atoms with Crippen molar-refractivity contribution in [3.05, 3.63) is 54.1 Å². The molecule has 0 unspecified atom stereocenters. The third kappa shape index (κ3) is 14.7. The molecule has 1 aromatic carbocycles. The van der Waals surface area contributed by atoms with Gasteiger partial charge in [0.15, 0.2) is 6.04 Å². The average Bonchev–Trinajstić information content (AvgIpc) is 3.67. The summed E-state index contributed by atoms with van der Waals surface area (Å²) in [5, 5.41) is 52.1. The van der Waals surface area contributed by atoms with E-state index < -0.39 is 115 Å². The molecule has 0 aliphatic heterocycles. The number of carboxylic acid groups (broad SMARTS) is 2. The summed E-state index contributed by atoms with van der Waals surface area (Å²) in [5.41, 5.74) is 6.54. The minimum Gasteiger partial charge on any atom is -0.481 e. The first-order valence-corrected chi connectivity index (χ1v) is 17.7. The molecule has 0 fully saturated rings. The number of carbonyl (C=O) groups is 8. The Morgan fingerprint density at radius 3 is 1.82 bits per heavy atom. The Balaban J connectivity index is 2.41. The molecule has 1 heterocycles. The maximum Gasteiger partial charge on any atom is 0.328 e. The highest BCUT2D eigenvalue weighted by atomic mass is 16.4. The summed E-state index contributed by atoms with van der Waals surface area (Å²) < 4.78 is 0. The molecular weight excluding hydrogens is 738 g/mol. The van der Waals surface area contributed by atoms with E-state index in [9.17, 15) is 53.7 Å². The van der Waals surface area contributed by atoms with Crippen molar-refractivity contribution < 1.29 is 58.8 Å². The molecule has 0 aliphatic carbocycles. The van der Waals surface area contributed by atoms with Gasteiger partial charge in [-0.25, -0.2) is 9.78 Å². The highest BCUT2D eigenvalue weighted by molar-refractivity contribution is 5.98. The number of H-pyrrole nitrogens is 1. The number of aliphatic hydroxyl groups is 2. The second-order valence-electron chi connectivity index (χ2n) is 13.2. The molecule has 308 valence electrons. The quantitative estimate of drug-likeness (QED) is 0.0519. The molecule has 9 atom stereocenters. The van der Waals surface area contributed by atoms with Crippen molar-refractivity contribution in [2.45, 2.75) is 102 Å². The highest BCUT2D eigenvalue weighted by Gasteiger charge is 2.36. The predicted octanol–water partition coefficient (Wildman–Crippen LogP) is -3.57. The number of imidazole rings is 1. The third-order valence-electron chi connectivity index (χ3n) is 8.66. The molecule has 21 heteroatoms. The van der Waals surface area contributed by atoms with Crippen LogP contribution in [0.3, 0.4) is 0 Å². The number of hydrogen-bond acceptors (Lipinski definition) is 12. The number of aliphatic hydroxyl groups excluding tert-OH is 2. The highest BCUT2D eigenvalue weighted by Crippen LogP contribution is 2.12. The Hall–Kier alpha value is -5.93. The molecule has 6 amide bonds. The number of carboxylic acids is 2. The van der Waals surface area contributed by atoms with Gasteiger partial charge in [0.1, 0.15) is 36.3 Å². The van der Waals surface area contributed by atoms with Crippen LogP contribution in [0.2, 0.25) is 0 Å². The number of rotatable bonds is 23. The van der Waals surface area contributed by atoms with Crippen LogP contribution in [0, 0.1) is 5.92 Å². The van der Waals surface area contributed by atoms with E-state index in [-0.39, 0.29) is 12.8 Å². The molecule has 0 bridgehead atoms. The number of aromatic nitrogens is 2. The molecule has 0 spiro atoms. The number of nitrogens with zero attached hydrogens (tertiary/aromatic N) is 1. The topological polar surface area (TPSA) is 344 Å². The Kier molecular flexibility index (Phi) is 18.5. The molecule has 2 rings (SSSR count). The number of carbonyl (C=O) groups excluding carboxylic acids is 6. The van der Waals surface area contributed by atoms with Gasteiger partial charge in [0.05, 0.1) is 25.5 Å². The molecule has 1 aromatic heterocycles. The van der Waals surface area contributed by atoms with E-state index in [1.54, 1.807) is 44.2 Å². The first kappa shape index (κ1) is 46.2. The standard InChI is InChI=1S/C35H51N9O12/c1-5-17(2)27(34(54)42-25(13-26(47)48)33(53)44-28(19(4)46)35(55)56)43-32(52)23(11-20-9-7-6-8-10-20)41-31(51)24(12-21-14-37-16-38-21)40-29(49)18(3)39-30(50)22(36)15-45/h6-10,14,16-19,22-25,27-28,45-46H,5,11-13,15,36H2,1-4H3,(H,37,38)(H,39,50)(H,40,49)(H,41,51)(H,42,54)(H,43,52)(H,44,53)(H,47,48)(H,55,56)/t17-,18-,19+,22-,23-,24-,25-,27-,28-/m0/s1. The fourth-order valence-corrected chi connectivity index (χ4v) is 5.17. The zero-order valence-electron chi connectivity index (χ0n) is 31.4. The van der Waals surface area contributed by atoms with Gasteiger partial charge in [-0.1, -0.05) is 50.6 Å². The number of nitrogens with one attached hydrogen (secondary N) is 7. The molecule has 56 heavy (non-hydrogen) atoms. The van der Waals surface area contributed by atoms with Gasteiger partial charge in [-0.3, -0.25) is 33.6 Å². The Labute approximate surface area is 322 Å². The van der Waals surface area contributed by atoms with Crippen LogP contribution in [0.15, 0.2) is 42.9 Å². The van der Waals surface area contributed by atoms with Gasteiger partial charge in [-0.2, -0.15) is 0 Å². The van der Waals surface area contributed by atoms with E-state index in [4.69, 9.17) is 10.8 Å². The zero-order valence-corrected chi connectivity index (χ0v) is 31.4. The van der Waals surface area contributed by atoms with Crippen LogP contribution in [0.1, 0.15) is 51.8 Å². The minimum atomic E-state index is -1.82. The van der Waals surface area contributed by atoms with E-state index in [1.165, 1.54) is 19.4 Å². The van der Waals surface area contributed by atoms with Crippen molar-refractivity contribution in [3.8, 4) is 0 Å². The van der Waals surface area contributed by atoms with Crippen LogP contribution < -0.4 is 37.6 Å². The molecule has 0 saturated carbocycles. The second-order valence-corrected chi connectivity index (χ2v) is 13.2. The third-order valence-corrected chi connectivity index (χ3v) is 8.66. The van der Waals surface area contributed by atoms with E-state index in [2.05, 4.69) is 36.6 Å². The molecule has 0 radical (unpaired) electrons. The summed E-state index contributed by atoms with van der Waals surface area (Å²) in [7, 11) is 0. The first-order valence-electron chi connectivity index (χ1n) is 17.7. The van der Waals surface area contributed by atoms with Crippen molar-refractivity contribution in [2.24, 2.45) is 11.7 Å². The zero-order chi connectivity index (χ0) is 42.1. The van der Waals surface area contributed by atoms with Crippen LogP contribution in [0.5, 0.6) is 0 Å². The van der Waals surface area contributed by atoms with Gasteiger partial charge in [-0.05, 0) is 25.3 Å². The van der Waals surface area contributed by atoms with Crippen molar-refractivity contribution in [1.29, 1.82) is 0 Å². The predicted molar refractivity (Wildman–Crippen MR) is 196 cm³/mol. The summed E-state index contributed by atoms with van der Waals surface area (Å²) in [6, 6.07) is -1.79. The molecule has 0 aliphatic rings. The number of aliphatic carboxylic acids is 2. The fraction of sp³-hybridized carbons (Fsp3) is 0.514. The smallest absolute Gasteiger partial charge is 0.328 e. The number of benzene rings is 1. The largest absolute Gasteiger partial charge is 0.481 e. The van der Waals surface area contributed by atoms with Gasteiger partial charge < -0.3 is 63.0 Å². The maximum absolute atomic E-state index is 14.0. The van der Waals surface area contributed by atoms with Crippen LogP contribution in [-0.2, 0) is 51.2 Å². The minimum absolute atomic E-state index is 0.108. The lowest BCUT2D eigenvalue weighted by Gasteiger charge is -2.29. The van der Waals surface area contributed by atoms with Gasteiger partial charge in [-0.15, -0.1) is 0 Å². The Morgan fingerprint density at radius 1 is 0.732 bits per heavy atom. The lowest BCUT2D eigenvalue weighted by molar-refractivity contribution is -0.146. The van der Waals surface area contributed by atoms with Crippen molar-refractivity contribution >= 4 is 47.4 Å². The van der Waals surface area contributed by atoms with Crippen molar-refractivity contribution in [3.63, 3.8) is 0 Å². The molecule has 0 saturated heterocycles. The fourth-order valence-electron chi connectivity index (χ4n) is 5.17. The van der Waals surface area contributed by atoms with E-state index in [0.29, 0.717) is 17.7 Å². The lowest BCUT2D eigenvalue weighted by atomic mass is 9.96. The van der Waals surface area contributed by atoms with Gasteiger partial charge in [0.25, 0.3) is 0 Å². The Bertz CT molecular complexity index is 1660. The van der Waals surface area contributed by atoms with E-state index in [1.807, 2.05) is 5.32 Å². The number of amides is 6. The number of nitrogens with two attached hydrogens (primary N) is 1. The molecule has 13 N–H and O–H groups in total. The van der Waals surface area contributed by atoms with Crippen molar-refractivity contribution in [2.75, 3.05) is 6.61 Å².